The molecule has 5 rings (SSSR count). The Hall–Kier alpha value is -0.830. The van der Waals surface area contributed by atoms with Crippen LogP contribution in [0.25, 0.3) is 0 Å². The Balaban J connectivity index is 1.42. The number of halogens is 1. The predicted molar refractivity (Wildman–Crippen MR) is 81.5 cm³/mol. The van der Waals surface area contributed by atoms with Crippen molar-refractivity contribution >= 4 is 0 Å². The fraction of sp³-hybridized carbons (Fsp3) is 0.778. The van der Waals surface area contributed by atoms with E-state index in [1.165, 1.54) is 38.5 Å². The summed E-state index contributed by atoms with van der Waals surface area (Å²) in [5, 5.41) is 3.80. The van der Waals surface area contributed by atoms with Crippen LogP contribution >= 0.6 is 0 Å². The van der Waals surface area contributed by atoms with Crippen molar-refractivity contribution in [2.24, 2.45) is 23.7 Å². The van der Waals surface area contributed by atoms with Crippen LogP contribution in [0.3, 0.4) is 0 Å². The predicted octanol–water partition coefficient (Wildman–Crippen LogP) is 3.60. The van der Waals surface area contributed by atoms with Crippen molar-refractivity contribution in [3.05, 3.63) is 24.0 Å². The van der Waals surface area contributed by atoms with Gasteiger partial charge < -0.3 is 10.1 Å². The standard InChI is InChI=1S/C18H26FNO/c1-21-16-2-3-17(19)15(7-16)11-20-18-8-12-4-13(9-18)6-14(5-12)10-18/h2-3,7,12-15,17,20H,4-6,8-11H2,1H3. The molecule has 2 atom stereocenters. The van der Waals surface area contributed by atoms with Crippen LogP contribution in [0, 0.1) is 23.7 Å². The Bertz CT molecular complexity index is 435. The highest BCUT2D eigenvalue weighted by Gasteiger charge is 2.50. The van der Waals surface area contributed by atoms with Crippen molar-refractivity contribution in [2.45, 2.75) is 50.2 Å². The molecular formula is C18H26FNO. The van der Waals surface area contributed by atoms with Gasteiger partial charge in [-0.1, -0.05) is 0 Å². The van der Waals surface area contributed by atoms with Crippen molar-refractivity contribution in [1.82, 2.24) is 5.32 Å². The first-order valence-electron chi connectivity index (χ1n) is 8.49. The lowest BCUT2D eigenvalue weighted by Crippen LogP contribution is -2.59. The van der Waals surface area contributed by atoms with Gasteiger partial charge in [0.25, 0.3) is 0 Å². The number of ether oxygens (including phenoxy) is 1. The molecule has 2 nitrogen and oxygen atoms in total. The summed E-state index contributed by atoms with van der Waals surface area (Å²) in [6, 6.07) is 0. The first-order chi connectivity index (χ1) is 10.2. The number of alkyl halides is 1. The number of hydrogen-bond donors (Lipinski definition) is 1. The molecule has 0 heterocycles. The van der Waals surface area contributed by atoms with Gasteiger partial charge in [0, 0.05) is 18.0 Å². The second kappa shape index (κ2) is 5.12. The van der Waals surface area contributed by atoms with Crippen LogP contribution in [-0.4, -0.2) is 25.4 Å². The van der Waals surface area contributed by atoms with Crippen LogP contribution in [0.1, 0.15) is 38.5 Å². The Labute approximate surface area is 126 Å². The molecule has 0 aromatic rings. The van der Waals surface area contributed by atoms with Crippen molar-refractivity contribution in [1.29, 1.82) is 0 Å². The Morgan fingerprint density at radius 2 is 1.81 bits per heavy atom. The van der Waals surface area contributed by atoms with Crippen LogP contribution in [0.4, 0.5) is 4.39 Å². The summed E-state index contributed by atoms with van der Waals surface area (Å²) in [4.78, 5) is 0. The molecule has 21 heavy (non-hydrogen) atoms. The highest BCUT2D eigenvalue weighted by atomic mass is 19.1. The third-order valence-electron chi connectivity index (χ3n) is 6.22. The zero-order valence-corrected chi connectivity index (χ0v) is 12.9. The van der Waals surface area contributed by atoms with Gasteiger partial charge in [0.1, 0.15) is 11.9 Å². The summed E-state index contributed by atoms with van der Waals surface area (Å²) >= 11 is 0. The van der Waals surface area contributed by atoms with Gasteiger partial charge in [0.15, 0.2) is 0 Å². The SMILES string of the molecule is COC1=CC(CNC23CC4CC(CC(C4)C2)C3)C(F)C=C1. The van der Waals surface area contributed by atoms with Gasteiger partial charge in [-0.3, -0.25) is 0 Å². The molecule has 2 unspecified atom stereocenters. The first-order valence-corrected chi connectivity index (χ1v) is 8.49. The summed E-state index contributed by atoms with van der Waals surface area (Å²) in [6.45, 7) is 0.741. The van der Waals surface area contributed by atoms with Crippen molar-refractivity contribution in [3.63, 3.8) is 0 Å². The summed E-state index contributed by atoms with van der Waals surface area (Å²) in [6.07, 6.45) is 12.7. The smallest absolute Gasteiger partial charge is 0.126 e. The minimum atomic E-state index is -0.884. The topological polar surface area (TPSA) is 21.3 Å². The second-order valence-electron chi connectivity index (χ2n) is 7.82. The molecule has 5 aliphatic rings. The molecule has 1 N–H and O–H groups in total. The zero-order chi connectivity index (χ0) is 14.4. The van der Waals surface area contributed by atoms with E-state index in [0.717, 1.165) is 30.1 Å². The van der Waals surface area contributed by atoms with Gasteiger partial charge in [-0.2, -0.15) is 0 Å². The third kappa shape index (κ3) is 2.54. The molecule has 0 spiro atoms. The molecule has 116 valence electrons. The minimum Gasteiger partial charge on any atom is -0.497 e. The van der Waals surface area contributed by atoms with Crippen LogP contribution in [0.15, 0.2) is 24.0 Å². The summed E-state index contributed by atoms with van der Waals surface area (Å²) in [5.74, 6) is 3.50. The van der Waals surface area contributed by atoms with E-state index >= 15 is 0 Å². The van der Waals surface area contributed by atoms with E-state index in [0.29, 0.717) is 5.54 Å². The molecule has 0 aromatic carbocycles. The lowest BCUT2D eigenvalue weighted by molar-refractivity contribution is -0.0214. The van der Waals surface area contributed by atoms with Gasteiger partial charge in [-0.15, -0.1) is 0 Å². The van der Waals surface area contributed by atoms with E-state index in [4.69, 9.17) is 4.74 Å². The molecule has 0 aliphatic heterocycles. The lowest BCUT2D eigenvalue weighted by Gasteiger charge is -2.57. The molecule has 4 saturated carbocycles. The average Bonchev–Trinajstić information content (AvgIpc) is 2.45. The number of methoxy groups -OCH3 is 1. The molecule has 4 fully saturated rings. The Morgan fingerprint density at radius 1 is 1.19 bits per heavy atom. The normalized spacial score (nSPS) is 47.5. The van der Waals surface area contributed by atoms with Gasteiger partial charge in [-0.05, 0) is 74.5 Å². The fourth-order valence-corrected chi connectivity index (χ4v) is 5.66. The lowest BCUT2D eigenvalue weighted by atomic mass is 9.53. The second-order valence-corrected chi connectivity index (χ2v) is 7.82. The molecule has 0 aromatic heterocycles. The summed E-state index contributed by atoms with van der Waals surface area (Å²) in [7, 11) is 1.65. The molecule has 3 heteroatoms. The van der Waals surface area contributed by atoms with Crippen LogP contribution in [-0.2, 0) is 4.74 Å². The molecule has 0 radical (unpaired) electrons. The highest BCUT2D eigenvalue weighted by Crippen LogP contribution is 2.55. The first kappa shape index (κ1) is 13.8. The van der Waals surface area contributed by atoms with Gasteiger partial charge in [0.2, 0.25) is 0 Å². The van der Waals surface area contributed by atoms with Crippen molar-refractivity contribution in [2.75, 3.05) is 13.7 Å². The van der Waals surface area contributed by atoms with E-state index in [1.54, 1.807) is 19.3 Å². The van der Waals surface area contributed by atoms with E-state index < -0.39 is 6.17 Å². The largest absolute Gasteiger partial charge is 0.497 e. The van der Waals surface area contributed by atoms with E-state index in [9.17, 15) is 4.39 Å². The van der Waals surface area contributed by atoms with Crippen molar-refractivity contribution in [3.8, 4) is 0 Å². The fourth-order valence-electron chi connectivity index (χ4n) is 5.66. The molecule has 0 saturated heterocycles. The van der Waals surface area contributed by atoms with Gasteiger partial charge in [-0.25, -0.2) is 4.39 Å². The quantitative estimate of drug-likeness (QED) is 0.854. The van der Waals surface area contributed by atoms with E-state index in [-0.39, 0.29) is 5.92 Å². The Morgan fingerprint density at radius 3 is 2.38 bits per heavy atom. The average molecular weight is 291 g/mol. The molecular weight excluding hydrogens is 265 g/mol. The number of allylic oxidation sites excluding steroid dienone is 2. The minimum absolute atomic E-state index is 0.0852. The summed E-state index contributed by atoms with van der Waals surface area (Å²) < 4.78 is 19.3. The maximum atomic E-state index is 14.1. The maximum absolute atomic E-state index is 14.1. The Kier molecular flexibility index (Phi) is 3.36. The monoisotopic (exact) mass is 291 g/mol. The third-order valence-corrected chi connectivity index (χ3v) is 6.22. The zero-order valence-electron chi connectivity index (χ0n) is 12.9. The van der Waals surface area contributed by atoms with Crippen LogP contribution in [0.2, 0.25) is 0 Å². The van der Waals surface area contributed by atoms with Gasteiger partial charge >= 0.3 is 0 Å². The van der Waals surface area contributed by atoms with E-state index in [2.05, 4.69) is 5.32 Å². The number of nitrogens with one attached hydrogen (secondary N) is 1. The number of rotatable bonds is 4. The van der Waals surface area contributed by atoms with Crippen LogP contribution < -0.4 is 5.32 Å². The molecule has 4 bridgehead atoms. The summed E-state index contributed by atoms with van der Waals surface area (Å²) in [5.41, 5.74) is 0.316. The molecule has 5 aliphatic carbocycles. The molecule has 0 amide bonds. The van der Waals surface area contributed by atoms with Gasteiger partial charge in [0.05, 0.1) is 7.11 Å². The van der Waals surface area contributed by atoms with Crippen LogP contribution in [0.5, 0.6) is 0 Å². The highest BCUT2D eigenvalue weighted by molar-refractivity contribution is 5.22. The van der Waals surface area contributed by atoms with Crippen molar-refractivity contribution < 1.29 is 9.13 Å². The maximum Gasteiger partial charge on any atom is 0.126 e. The van der Waals surface area contributed by atoms with E-state index in [1.807, 2.05) is 6.08 Å². The number of hydrogen-bond acceptors (Lipinski definition) is 2.